The maximum atomic E-state index is 13.3. The van der Waals surface area contributed by atoms with Crippen molar-refractivity contribution in [1.82, 2.24) is 30.8 Å². The highest BCUT2D eigenvalue weighted by Crippen LogP contribution is 2.32. The zero-order valence-corrected chi connectivity index (χ0v) is 27.3. The molecule has 7 N–H and O–H groups in total. The van der Waals surface area contributed by atoms with Crippen LogP contribution in [0.4, 0.5) is 23.8 Å². The van der Waals surface area contributed by atoms with Gasteiger partial charge in [-0.25, -0.2) is 14.6 Å². The number of benzene rings is 4. The van der Waals surface area contributed by atoms with E-state index in [0.29, 0.717) is 45.4 Å². The number of rotatable bonds is 9. The maximum Gasteiger partial charge on any atom is 0.490 e. The Balaban J connectivity index is 0.000000630. The number of anilines is 1. The Kier molecular flexibility index (Phi) is 11.1. The Morgan fingerprint density at radius 1 is 0.960 bits per heavy atom. The van der Waals surface area contributed by atoms with Crippen LogP contribution in [0.25, 0.3) is 22.2 Å². The fourth-order valence-electron chi connectivity index (χ4n) is 4.77. The van der Waals surface area contributed by atoms with E-state index in [1.54, 1.807) is 18.2 Å². The third-order valence-electron chi connectivity index (χ3n) is 7.14. The summed E-state index contributed by atoms with van der Waals surface area (Å²) in [6.45, 7) is 0.185. The molecule has 0 aliphatic rings. The summed E-state index contributed by atoms with van der Waals surface area (Å²) < 4.78 is 37.8. The van der Waals surface area contributed by atoms with Crippen LogP contribution in [0, 0.1) is 0 Å². The molecule has 0 bridgehead atoms. The number of carboxylic acid groups (broad SMARTS) is 1. The number of imidazole rings is 1. The lowest BCUT2D eigenvalue weighted by Crippen LogP contribution is -2.38. The van der Waals surface area contributed by atoms with Crippen molar-refractivity contribution in [3.63, 3.8) is 0 Å². The van der Waals surface area contributed by atoms with Gasteiger partial charge < -0.3 is 31.2 Å². The first-order valence-corrected chi connectivity index (χ1v) is 15.5. The molecule has 2 heterocycles. The number of halogens is 5. The number of aromatic nitrogens is 4. The van der Waals surface area contributed by atoms with Gasteiger partial charge in [-0.3, -0.25) is 5.10 Å². The predicted molar refractivity (Wildman–Crippen MR) is 183 cm³/mol. The van der Waals surface area contributed by atoms with E-state index >= 15 is 0 Å². The fraction of sp³-hybridized carbons (Fsp3) is 0.118. The van der Waals surface area contributed by atoms with Crippen molar-refractivity contribution < 1.29 is 32.6 Å². The minimum atomic E-state index is -5.08. The van der Waals surface area contributed by atoms with Gasteiger partial charge in [0.2, 0.25) is 0 Å². The smallest absolute Gasteiger partial charge is 0.475 e. The summed E-state index contributed by atoms with van der Waals surface area (Å²) in [4.78, 5) is 30.1. The number of para-hydroxylation sites is 1. The number of hydrogen-bond donors (Lipinski definition) is 6. The number of nitrogens with one attached hydrogen (secondary N) is 4. The molecule has 50 heavy (non-hydrogen) atoms. The van der Waals surface area contributed by atoms with Crippen molar-refractivity contribution in [2.45, 2.75) is 25.2 Å². The van der Waals surface area contributed by atoms with Crippen LogP contribution in [0.1, 0.15) is 23.0 Å². The number of aromatic amines is 2. The molecule has 0 aliphatic carbocycles. The SMILES string of the molecule is Nc1n[nH]c2cc(-c3nc([C@H](Cc4ccccc4)NC(=O)NCc4cc(Cl)ccc4Oc4ccccc4)[nH]c3Cl)ccc12.O=C(O)C(F)(F)F. The number of carboxylic acids is 1. The van der Waals surface area contributed by atoms with Crippen LogP contribution in [0.15, 0.2) is 97.1 Å². The summed E-state index contributed by atoms with van der Waals surface area (Å²) in [5.41, 5.74) is 9.76. The minimum absolute atomic E-state index is 0.185. The van der Waals surface area contributed by atoms with E-state index < -0.39 is 24.2 Å². The number of carbonyl (C=O) groups is 2. The molecule has 258 valence electrons. The largest absolute Gasteiger partial charge is 0.490 e. The predicted octanol–water partition coefficient (Wildman–Crippen LogP) is 8.05. The number of nitrogens with zero attached hydrogens (tertiary/aromatic N) is 2. The van der Waals surface area contributed by atoms with Gasteiger partial charge in [-0.05, 0) is 54.4 Å². The topological polar surface area (TPSA) is 171 Å². The van der Waals surface area contributed by atoms with E-state index in [0.717, 1.165) is 27.6 Å². The molecule has 16 heteroatoms. The summed E-state index contributed by atoms with van der Waals surface area (Å²) in [6.07, 6.45) is -4.60. The molecular weight excluding hydrogens is 698 g/mol. The number of fused-ring (bicyclic) bond motifs is 1. The van der Waals surface area contributed by atoms with Gasteiger partial charge in [0.05, 0.1) is 11.6 Å². The standard InChI is InChI=1S/C32H27Cl2N7O2.C2HF3O2/c33-22-12-14-27(43-23-9-5-2-6-10-23)21(16-22)18-36-32(42)37-26(15-19-7-3-1-4-8-19)31-38-28(29(34)39-31)20-11-13-24-25(17-20)40-41-30(24)35;3-2(4,5)1(6)7/h1-14,16-17,26H,15,18H2,(H,38,39)(H3,35,40,41)(H2,36,37,42);(H,6,7)/t26-;/m0./s1. The fourth-order valence-corrected chi connectivity index (χ4v) is 5.21. The van der Waals surface area contributed by atoms with Gasteiger partial charge in [-0.2, -0.15) is 18.3 Å². The highest BCUT2D eigenvalue weighted by Gasteiger charge is 2.38. The highest BCUT2D eigenvalue weighted by molar-refractivity contribution is 6.32. The monoisotopic (exact) mass is 725 g/mol. The molecule has 1 atom stereocenters. The summed E-state index contributed by atoms with van der Waals surface area (Å²) in [5.74, 6) is -0.550. The van der Waals surface area contributed by atoms with Crippen molar-refractivity contribution in [2.75, 3.05) is 5.73 Å². The van der Waals surface area contributed by atoms with Crippen molar-refractivity contribution in [1.29, 1.82) is 0 Å². The number of aliphatic carboxylic acids is 1. The molecule has 2 aromatic heterocycles. The summed E-state index contributed by atoms with van der Waals surface area (Å²) in [5, 5.41) is 21.8. The van der Waals surface area contributed by atoms with Crippen LogP contribution in [0.5, 0.6) is 11.5 Å². The Morgan fingerprint density at radius 3 is 2.32 bits per heavy atom. The van der Waals surface area contributed by atoms with Gasteiger partial charge in [0.15, 0.2) is 5.82 Å². The number of nitrogen functional groups attached to an aromatic ring is 1. The van der Waals surface area contributed by atoms with E-state index in [4.69, 9.17) is 48.6 Å². The van der Waals surface area contributed by atoms with E-state index in [9.17, 15) is 18.0 Å². The second-order valence-electron chi connectivity index (χ2n) is 10.7. The second kappa shape index (κ2) is 15.7. The third-order valence-corrected chi connectivity index (χ3v) is 7.65. The zero-order chi connectivity index (χ0) is 35.8. The minimum Gasteiger partial charge on any atom is -0.475 e. The number of urea groups is 1. The molecule has 6 rings (SSSR count). The molecule has 0 saturated carbocycles. The molecule has 0 unspecified atom stereocenters. The Bertz CT molecular complexity index is 2090. The molecular formula is C34H28Cl2F3N7O4. The molecule has 11 nitrogen and oxygen atoms in total. The van der Waals surface area contributed by atoms with Gasteiger partial charge in [0.1, 0.15) is 28.2 Å². The maximum absolute atomic E-state index is 13.3. The van der Waals surface area contributed by atoms with Gasteiger partial charge >= 0.3 is 18.2 Å². The number of H-pyrrole nitrogens is 2. The normalized spacial score (nSPS) is 11.7. The molecule has 4 aromatic carbocycles. The first-order chi connectivity index (χ1) is 23.9. The lowest BCUT2D eigenvalue weighted by atomic mass is 10.1. The Hall–Kier alpha value is -5.73. The molecule has 0 aliphatic heterocycles. The van der Waals surface area contributed by atoms with Crippen LogP contribution in [-0.2, 0) is 17.8 Å². The van der Waals surface area contributed by atoms with E-state index in [1.807, 2.05) is 78.9 Å². The van der Waals surface area contributed by atoms with Crippen molar-refractivity contribution in [2.24, 2.45) is 0 Å². The molecule has 6 aromatic rings. The van der Waals surface area contributed by atoms with Crippen LogP contribution >= 0.6 is 23.2 Å². The molecule has 0 spiro atoms. The number of hydrogen-bond acceptors (Lipinski definition) is 6. The molecule has 0 saturated heterocycles. The average Bonchev–Trinajstić information content (AvgIpc) is 3.67. The van der Waals surface area contributed by atoms with Gasteiger partial charge in [-0.1, -0.05) is 77.8 Å². The number of ether oxygens (including phenoxy) is 1. The molecule has 0 fully saturated rings. The molecule has 0 radical (unpaired) electrons. The average molecular weight is 727 g/mol. The van der Waals surface area contributed by atoms with Crippen molar-refractivity contribution in [3.05, 3.63) is 124 Å². The van der Waals surface area contributed by atoms with E-state index in [-0.39, 0.29) is 6.54 Å². The highest BCUT2D eigenvalue weighted by atomic mass is 35.5. The Morgan fingerprint density at radius 2 is 1.64 bits per heavy atom. The van der Waals surface area contributed by atoms with Crippen molar-refractivity contribution >= 4 is 51.9 Å². The van der Waals surface area contributed by atoms with Gasteiger partial charge in [-0.15, -0.1) is 0 Å². The summed E-state index contributed by atoms with van der Waals surface area (Å²) in [7, 11) is 0. The first kappa shape index (κ1) is 35.6. The van der Waals surface area contributed by atoms with Gasteiger partial charge in [0, 0.05) is 28.1 Å². The van der Waals surface area contributed by atoms with Crippen molar-refractivity contribution in [3.8, 4) is 22.8 Å². The lowest BCUT2D eigenvalue weighted by molar-refractivity contribution is -0.192. The summed E-state index contributed by atoms with van der Waals surface area (Å²) in [6, 6.07) is 29.3. The van der Waals surface area contributed by atoms with E-state index in [2.05, 4.69) is 25.8 Å². The van der Waals surface area contributed by atoms with Gasteiger partial charge in [0.25, 0.3) is 0 Å². The van der Waals surface area contributed by atoms with Crippen LogP contribution < -0.4 is 21.1 Å². The third kappa shape index (κ3) is 9.24. The Labute approximate surface area is 292 Å². The van der Waals surface area contributed by atoms with E-state index in [1.165, 1.54) is 0 Å². The number of alkyl halides is 3. The second-order valence-corrected chi connectivity index (χ2v) is 11.5. The number of carbonyl (C=O) groups excluding carboxylic acids is 1. The number of amides is 2. The molecule has 2 amide bonds. The quantitative estimate of drug-likeness (QED) is 0.0875. The van der Waals surface area contributed by atoms with Crippen LogP contribution in [0.2, 0.25) is 10.2 Å². The zero-order valence-electron chi connectivity index (χ0n) is 25.8. The lowest BCUT2D eigenvalue weighted by Gasteiger charge is -2.18. The van der Waals surface area contributed by atoms with Crippen LogP contribution in [-0.4, -0.2) is 43.4 Å². The first-order valence-electron chi connectivity index (χ1n) is 14.8. The summed E-state index contributed by atoms with van der Waals surface area (Å²) >= 11 is 12.9. The van der Waals surface area contributed by atoms with Crippen LogP contribution in [0.3, 0.4) is 0 Å². The number of nitrogens with two attached hydrogens (primary N) is 1.